The number of rotatable bonds is 6. The third-order valence-corrected chi connectivity index (χ3v) is 3.59. The number of benzene rings is 2. The number of nitrogens with one attached hydrogen (secondary N) is 2. The average molecular weight is 404 g/mol. The second-order valence-electron chi connectivity index (χ2n) is 5.32. The highest BCUT2D eigenvalue weighted by molar-refractivity contribution is 6.30. The average Bonchev–Trinajstić information content (AvgIpc) is 2.60. The Morgan fingerprint density at radius 2 is 1.85 bits per heavy atom. The number of nitro groups is 1. The molecule has 0 aliphatic carbocycles. The van der Waals surface area contributed by atoms with E-state index in [2.05, 4.69) is 10.9 Å². The van der Waals surface area contributed by atoms with E-state index in [4.69, 9.17) is 16.3 Å². The van der Waals surface area contributed by atoms with Crippen molar-refractivity contribution in [3.05, 3.63) is 63.2 Å². The highest BCUT2D eigenvalue weighted by Crippen LogP contribution is 2.34. The number of ether oxygens (including phenoxy) is 1. The van der Waals surface area contributed by atoms with E-state index < -0.39 is 34.4 Å². The lowest BCUT2D eigenvalue weighted by atomic mass is 10.1. The summed E-state index contributed by atoms with van der Waals surface area (Å²) in [6, 6.07) is 8.10. The fourth-order valence-corrected chi connectivity index (χ4v) is 2.09. The second-order valence-corrected chi connectivity index (χ2v) is 5.75. The van der Waals surface area contributed by atoms with Crippen molar-refractivity contribution in [3.8, 4) is 5.75 Å². The Kier molecular flexibility index (Phi) is 6.11. The molecule has 0 radical (unpaired) electrons. The summed E-state index contributed by atoms with van der Waals surface area (Å²) in [5.41, 5.74) is 2.08. The van der Waals surface area contributed by atoms with Gasteiger partial charge in [-0.3, -0.25) is 25.8 Å². The Morgan fingerprint density at radius 1 is 1.22 bits per heavy atom. The summed E-state index contributed by atoms with van der Waals surface area (Å²) in [7, 11) is 0. The first-order valence-electron chi connectivity index (χ1n) is 7.41. The van der Waals surface area contributed by atoms with Crippen LogP contribution in [0.15, 0.2) is 42.5 Å². The summed E-state index contributed by atoms with van der Waals surface area (Å²) in [4.78, 5) is 22.0. The van der Waals surface area contributed by atoms with Crippen molar-refractivity contribution in [2.45, 2.75) is 19.2 Å². The van der Waals surface area contributed by atoms with Gasteiger partial charge in [0.15, 0.2) is 6.10 Å². The molecule has 0 aromatic heterocycles. The van der Waals surface area contributed by atoms with Crippen LogP contribution in [-0.4, -0.2) is 16.9 Å². The zero-order chi connectivity index (χ0) is 20.2. The lowest BCUT2D eigenvalue weighted by molar-refractivity contribution is -0.384. The van der Waals surface area contributed by atoms with Crippen molar-refractivity contribution < 1.29 is 27.6 Å². The van der Waals surface area contributed by atoms with E-state index in [1.807, 2.05) is 0 Å². The van der Waals surface area contributed by atoms with E-state index in [-0.39, 0.29) is 5.69 Å². The number of hydrogen-bond acceptors (Lipinski definition) is 5. The first kappa shape index (κ1) is 20.3. The van der Waals surface area contributed by atoms with Gasteiger partial charge in [-0.2, -0.15) is 13.2 Å². The number of alkyl halides is 3. The number of nitrogens with zero attached hydrogens (tertiary/aromatic N) is 1. The normalized spacial score (nSPS) is 12.2. The van der Waals surface area contributed by atoms with Crippen molar-refractivity contribution >= 4 is 28.9 Å². The zero-order valence-electron chi connectivity index (χ0n) is 13.7. The van der Waals surface area contributed by atoms with Gasteiger partial charge < -0.3 is 4.74 Å². The molecule has 2 rings (SSSR count). The predicted molar refractivity (Wildman–Crippen MR) is 91.4 cm³/mol. The fraction of sp³-hybridized carbons (Fsp3) is 0.188. The predicted octanol–water partition coefficient (Wildman–Crippen LogP) is 4.18. The summed E-state index contributed by atoms with van der Waals surface area (Å²) < 4.78 is 43.4. The molecule has 2 aromatic carbocycles. The molecule has 1 unspecified atom stereocenters. The lowest BCUT2D eigenvalue weighted by Crippen LogP contribution is -2.39. The molecule has 0 heterocycles. The maximum atomic E-state index is 12.7. The molecule has 0 fully saturated rings. The Labute approximate surface area is 156 Å². The molecular formula is C16H13ClF3N3O4. The molecule has 144 valence electrons. The van der Waals surface area contributed by atoms with Gasteiger partial charge in [0.25, 0.3) is 11.6 Å². The van der Waals surface area contributed by atoms with E-state index in [1.165, 1.54) is 6.92 Å². The summed E-state index contributed by atoms with van der Waals surface area (Å²) in [6.45, 7) is 1.42. The third kappa shape index (κ3) is 5.48. The van der Waals surface area contributed by atoms with Crippen molar-refractivity contribution in [1.82, 2.24) is 5.43 Å². The largest absolute Gasteiger partial charge is 0.481 e. The van der Waals surface area contributed by atoms with Crippen LogP contribution in [0.25, 0.3) is 0 Å². The van der Waals surface area contributed by atoms with Crippen LogP contribution in [0.3, 0.4) is 0 Å². The number of carbonyl (C=O) groups is 1. The van der Waals surface area contributed by atoms with Gasteiger partial charge in [0, 0.05) is 11.1 Å². The van der Waals surface area contributed by atoms with Crippen molar-refractivity contribution in [1.29, 1.82) is 0 Å². The standard InChI is InChI=1S/C16H13ClF3N3O4/c1-9(27-12-5-3-11(17)4-6-12)15(24)22-21-13-7-2-10(16(18,19)20)8-14(13)23(25)26/h2-9,21H,1H3,(H,22,24). The number of carbonyl (C=O) groups excluding carboxylic acids is 1. The van der Waals surface area contributed by atoms with Gasteiger partial charge in [-0.05, 0) is 43.3 Å². The number of amides is 1. The van der Waals surface area contributed by atoms with Gasteiger partial charge in [0.2, 0.25) is 0 Å². The quantitative estimate of drug-likeness (QED) is 0.557. The van der Waals surface area contributed by atoms with Crippen LogP contribution >= 0.6 is 11.6 Å². The number of hydrogen-bond donors (Lipinski definition) is 2. The van der Waals surface area contributed by atoms with Crippen LogP contribution in [0.4, 0.5) is 24.5 Å². The van der Waals surface area contributed by atoms with Crippen LogP contribution in [-0.2, 0) is 11.0 Å². The van der Waals surface area contributed by atoms with E-state index in [0.717, 1.165) is 6.07 Å². The number of anilines is 1. The first-order chi connectivity index (χ1) is 12.6. The molecule has 2 aromatic rings. The Morgan fingerprint density at radius 3 is 2.41 bits per heavy atom. The van der Waals surface area contributed by atoms with E-state index >= 15 is 0 Å². The molecule has 0 saturated carbocycles. The van der Waals surface area contributed by atoms with Crippen molar-refractivity contribution in [2.24, 2.45) is 0 Å². The molecule has 11 heteroatoms. The molecule has 0 aliphatic rings. The highest BCUT2D eigenvalue weighted by atomic mass is 35.5. The molecule has 0 bridgehead atoms. The fourth-order valence-electron chi connectivity index (χ4n) is 1.97. The smallest absolute Gasteiger partial charge is 0.416 e. The highest BCUT2D eigenvalue weighted by Gasteiger charge is 2.33. The minimum Gasteiger partial charge on any atom is -0.481 e. The third-order valence-electron chi connectivity index (χ3n) is 3.34. The van der Waals surface area contributed by atoms with E-state index in [1.54, 1.807) is 24.3 Å². The lowest BCUT2D eigenvalue weighted by Gasteiger charge is -2.16. The molecule has 1 atom stereocenters. The Hall–Kier alpha value is -3.01. The van der Waals surface area contributed by atoms with Crippen molar-refractivity contribution in [3.63, 3.8) is 0 Å². The Bertz CT molecular complexity index is 844. The first-order valence-corrected chi connectivity index (χ1v) is 7.79. The van der Waals surface area contributed by atoms with E-state index in [0.29, 0.717) is 22.9 Å². The monoisotopic (exact) mass is 403 g/mol. The summed E-state index contributed by atoms with van der Waals surface area (Å²) in [6.07, 6.45) is -5.72. The molecule has 0 saturated heterocycles. The summed E-state index contributed by atoms with van der Waals surface area (Å²) in [5.74, 6) is -0.332. The SMILES string of the molecule is CC(Oc1ccc(Cl)cc1)C(=O)NNc1ccc(C(F)(F)F)cc1[N+](=O)[O-]. The minimum absolute atomic E-state index is 0.306. The van der Waals surface area contributed by atoms with Crippen LogP contribution in [0, 0.1) is 10.1 Å². The molecule has 0 spiro atoms. The number of hydrazine groups is 1. The molecular weight excluding hydrogens is 391 g/mol. The van der Waals surface area contributed by atoms with Crippen LogP contribution in [0.2, 0.25) is 5.02 Å². The zero-order valence-corrected chi connectivity index (χ0v) is 14.5. The van der Waals surface area contributed by atoms with Gasteiger partial charge in [0.1, 0.15) is 11.4 Å². The van der Waals surface area contributed by atoms with Gasteiger partial charge in [0.05, 0.1) is 10.5 Å². The molecule has 7 nitrogen and oxygen atoms in total. The maximum absolute atomic E-state index is 12.7. The number of halogens is 4. The molecule has 1 amide bonds. The van der Waals surface area contributed by atoms with Crippen molar-refractivity contribution in [2.75, 3.05) is 5.43 Å². The second kappa shape index (κ2) is 8.12. The van der Waals surface area contributed by atoms with Gasteiger partial charge >= 0.3 is 6.18 Å². The van der Waals surface area contributed by atoms with Crippen LogP contribution in [0.1, 0.15) is 12.5 Å². The summed E-state index contributed by atoms with van der Waals surface area (Å²) >= 11 is 5.74. The molecule has 0 aliphatic heterocycles. The Balaban J connectivity index is 2.05. The van der Waals surface area contributed by atoms with Gasteiger partial charge in [-0.1, -0.05) is 11.6 Å². The maximum Gasteiger partial charge on any atom is 0.416 e. The van der Waals surface area contributed by atoms with Gasteiger partial charge in [-0.25, -0.2) is 0 Å². The number of nitro benzene ring substituents is 1. The summed E-state index contributed by atoms with van der Waals surface area (Å²) in [5, 5.41) is 11.5. The molecule has 27 heavy (non-hydrogen) atoms. The molecule has 2 N–H and O–H groups in total. The minimum atomic E-state index is -4.73. The van der Waals surface area contributed by atoms with Gasteiger partial charge in [-0.15, -0.1) is 0 Å². The topological polar surface area (TPSA) is 93.5 Å². The van der Waals surface area contributed by atoms with Crippen LogP contribution < -0.4 is 15.6 Å². The van der Waals surface area contributed by atoms with Crippen LogP contribution in [0.5, 0.6) is 5.75 Å². The van der Waals surface area contributed by atoms with E-state index in [9.17, 15) is 28.1 Å².